The van der Waals surface area contributed by atoms with Gasteiger partial charge in [-0.3, -0.25) is 15.1 Å². The van der Waals surface area contributed by atoms with Crippen molar-refractivity contribution in [2.75, 3.05) is 0 Å². The molecule has 0 aliphatic heterocycles. The topological polar surface area (TPSA) is 55.5 Å². The summed E-state index contributed by atoms with van der Waals surface area (Å²) in [4.78, 5) is 14.5. The van der Waals surface area contributed by atoms with E-state index in [4.69, 9.17) is 11.6 Å². The van der Waals surface area contributed by atoms with Crippen LogP contribution in [0.15, 0.2) is 47.5 Å². The number of hydrogen-bond acceptors (Lipinski definition) is 3. The summed E-state index contributed by atoms with van der Waals surface area (Å²) in [6.07, 6.45) is 1.59. The zero-order valence-corrected chi connectivity index (χ0v) is 11.0. The van der Waals surface area contributed by atoms with Gasteiger partial charge in [-0.15, -0.1) is 0 Å². The predicted octanol–water partition coefficient (Wildman–Crippen LogP) is 4.31. The summed E-state index contributed by atoms with van der Waals surface area (Å²) in [7, 11) is 0. The molecule has 0 N–H and O–H groups in total. The molecule has 0 atom stereocenters. The Balaban J connectivity index is 2.30. The van der Waals surface area contributed by atoms with Crippen LogP contribution in [0.3, 0.4) is 0 Å². The third kappa shape index (κ3) is 3.39. The molecule has 2 aromatic carbocycles. The van der Waals surface area contributed by atoms with E-state index in [1.807, 2.05) is 13.0 Å². The second-order valence-electron chi connectivity index (χ2n) is 4.04. The minimum absolute atomic E-state index is 0.0479. The Hall–Kier alpha value is -2.20. The summed E-state index contributed by atoms with van der Waals surface area (Å²) in [5.41, 5.74) is 2.46. The Morgan fingerprint density at radius 2 is 2.05 bits per heavy atom. The molecule has 0 spiro atoms. The van der Waals surface area contributed by atoms with Crippen molar-refractivity contribution in [3.05, 3.63) is 68.7 Å². The van der Waals surface area contributed by atoms with Crippen molar-refractivity contribution in [3.8, 4) is 0 Å². The minimum atomic E-state index is -0.429. The molecule has 0 heterocycles. The molecule has 0 amide bonds. The second-order valence-corrected chi connectivity index (χ2v) is 4.48. The number of rotatable bonds is 3. The number of non-ortho nitro benzene ring substituents is 1. The summed E-state index contributed by atoms with van der Waals surface area (Å²) in [5, 5.41) is 11.3. The molecule has 96 valence electrons. The lowest BCUT2D eigenvalue weighted by Gasteiger charge is -2.00. The van der Waals surface area contributed by atoms with E-state index < -0.39 is 4.92 Å². The molecule has 2 aromatic rings. The van der Waals surface area contributed by atoms with Crippen LogP contribution in [0.2, 0.25) is 5.02 Å². The maximum absolute atomic E-state index is 10.7. The normalized spacial score (nSPS) is 10.8. The summed E-state index contributed by atoms with van der Waals surface area (Å²) >= 11 is 5.90. The van der Waals surface area contributed by atoms with E-state index in [1.165, 1.54) is 12.1 Å². The number of halogens is 1. The van der Waals surface area contributed by atoms with Crippen LogP contribution in [0.5, 0.6) is 0 Å². The van der Waals surface area contributed by atoms with Gasteiger partial charge in [0.1, 0.15) is 0 Å². The quantitative estimate of drug-likeness (QED) is 0.476. The van der Waals surface area contributed by atoms with Crippen molar-refractivity contribution < 1.29 is 4.92 Å². The maximum Gasteiger partial charge on any atom is 0.270 e. The predicted molar refractivity (Wildman–Crippen MR) is 76.5 cm³/mol. The molecule has 0 saturated carbocycles. The first-order chi connectivity index (χ1) is 9.06. The molecule has 4 nitrogen and oxygen atoms in total. The largest absolute Gasteiger partial charge is 0.270 e. The summed E-state index contributed by atoms with van der Waals surface area (Å²) in [6.45, 7) is 1.93. The second kappa shape index (κ2) is 5.63. The van der Waals surface area contributed by atoms with Gasteiger partial charge in [-0.1, -0.05) is 29.8 Å². The molecular formula is C14H11ClN2O2. The van der Waals surface area contributed by atoms with Crippen LogP contribution in [-0.4, -0.2) is 11.1 Å². The Morgan fingerprint density at radius 1 is 1.26 bits per heavy atom. The molecule has 0 saturated heterocycles. The third-order valence-electron chi connectivity index (χ3n) is 2.60. The van der Waals surface area contributed by atoms with Gasteiger partial charge < -0.3 is 0 Å². The smallest absolute Gasteiger partial charge is 0.258 e. The van der Waals surface area contributed by atoms with Crippen LogP contribution in [0.25, 0.3) is 0 Å². The number of hydrogen-bond donors (Lipinski definition) is 0. The molecule has 2 rings (SSSR count). The Bertz CT molecular complexity index is 654. The molecule has 0 unspecified atom stereocenters. The SMILES string of the molecule is Cc1ccc(Cl)cc1N=Cc1cccc([N+](=O)[O-])c1. The van der Waals surface area contributed by atoms with E-state index in [-0.39, 0.29) is 5.69 Å². The number of aliphatic imine (C=N–C) groups is 1. The van der Waals surface area contributed by atoms with Crippen molar-refractivity contribution >= 4 is 29.2 Å². The highest BCUT2D eigenvalue weighted by Crippen LogP contribution is 2.23. The van der Waals surface area contributed by atoms with Gasteiger partial charge in [0, 0.05) is 23.4 Å². The number of nitro benzene ring substituents is 1. The van der Waals surface area contributed by atoms with Gasteiger partial charge >= 0.3 is 0 Å². The maximum atomic E-state index is 10.7. The number of aryl methyl sites for hydroxylation is 1. The molecule has 0 radical (unpaired) electrons. The first-order valence-corrected chi connectivity index (χ1v) is 5.99. The van der Waals surface area contributed by atoms with E-state index in [9.17, 15) is 10.1 Å². The zero-order valence-electron chi connectivity index (χ0n) is 10.2. The van der Waals surface area contributed by atoms with Gasteiger partial charge in [0.05, 0.1) is 10.6 Å². The van der Waals surface area contributed by atoms with Gasteiger partial charge in [0.2, 0.25) is 0 Å². The van der Waals surface area contributed by atoms with Crippen LogP contribution in [0.4, 0.5) is 11.4 Å². The van der Waals surface area contributed by atoms with E-state index in [1.54, 1.807) is 30.5 Å². The molecule has 0 aliphatic rings. The average molecular weight is 275 g/mol. The molecule has 0 aromatic heterocycles. The van der Waals surface area contributed by atoms with Gasteiger partial charge in [-0.05, 0) is 30.2 Å². The van der Waals surface area contributed by atoms with Crippen LogP contribution in [0.1, 0.15) is 11.1 Å². The summed E-state index contributed by atoms with van der Waals surface area (Å²) < 4.78 is 0. The first-order valence-electron chi connectivity index (χ1n) is 5.61. The van der Waals surface area contributed by atoms with Crippen LogP contribution in [0, 0.1) is 17.0 Å². The fraction of sp³-hybridized carbons (Fsp3) is 0.0714. The van der Waals surface area contributed by atoms with E-state index in [0.29, 0.717) is 10.6 Å². The van der Waals surface area contributed by atoms with Crippen molar-refractivity contribution in [1.82, 2.24) is 0 Å². The van der Waals surface area contributed by atoms with Crippen molar-refractivity contribution in [1.29, 1.82) is 0 Å². The monoisotopic (exact) mass is 274 g/mol. The molecule has 0 bridgehead atoms. The molecule has 0 aliphatic carbocycles. The van der Waals surface area contributed by atoms with E-state index in [0.717, 1.165) is 11.3 Å². The fourth-order valence-corrected chi connectivity index (χ4v) is 1.75. The standard InChI is InChI=1S/C14H11ClN2O2/c1-10-5-6-12(15)8-14(10)16-9-11-3-2-4-13(7-11)17(18)19/h2-9H,1H3. The lowest BCUT2D eigenvalue weighted by molar-refractivity contribution is -0.384. The van der Waals surface area contributed by atoms with Crippen molar-refractivity contribution in [3.63, 3.8) is 0 Å². The summed E-state index contributed by atoms with van der Waals surface area (Å²) in [5.74, 6) is 0. The van der Waals surface area contributed by atoms with Crippen molar-refractivity contribution in [2.45, 2.75) is 6.92 Å². The van der Waals surface area contributed by atoms with Gasteiger partial charge in [0.25, 0.3) is 5.69 Å². The van der Waals surface area contributed by atoms with Crippen LogP contribution < -0.4 is 0 Å². The van der Waals surface area contributed by atoms with Crippen molar-refractivity contribution in [2.24, 2.45) is 4.99 Å². The molecule has 5 heteroatoms. The van der Waals surface area contributed by atoms with E-state index >= 15 is 0 Å². The van der Waals surface area contributed by atoms with E-state index in [2.05, 4.69) is 4.99 Å². The van der Waals surface area contributed by atoms with Gasteiger partial charge in [-0.2, -0.15) is 0 Å². The number of nitro groups is 1. The highest BCUT2D eigenvalue weighted by atomic mass is 35.5. The zero-order chi connectivity index (χ0) is 13.8. The minimum Gasteiger partial charge on any atom is -0.258 e. The molecule has 19 heavy (non-hydrogen) atoms. The fourth-order valence-electron chi connectivity index (χ4n) is 1.58. The van der Waals surface area contributed by atoms with Crippen LogP contribution >= 0.6 is 11.6 Å². The highest BCUT2D eigenvalue weighted by Gasteiger charge is 2.04. The Morgan fingerprint density at radius 3 is 2.79 bits per heavy atom. The number of benzene rings is 2. The average Bonchev–Trinajstić information content (AvgIpc) is 2.40. The molecular weight excluding hydrogens is 264 g/mol. The Kier molecular flexibility index (Phi) is 3.92. The lowest BCUT2D eigenvalue weighted by Crippen LogP contribution is -1.89. The van der Waals surface area contributed by atoms with Gasteiger partial charge in [0.15, 0.2) is 0 Å². The lowest BCUT2D eigenvalue weighted by atomic mass is 10.2. The molecule has 0 fully saturated rings. The number of nitrogens with zero attached hydrogens (tertiary/aromatic N) is 2. The highest BCUT2D eigenvalue weighted by molar-refractivity contribution is 6.30. The summed E-state index contributed by atoms with van der Waals surface area (Å²) in [6, 6.07) is 11.7. The van der Waals surface area contributed by atoms with Crippen LogP contribution in [-0.2, 0) is 0 Å². The third-order valence-corrected chi connectivity index (χ3v) is 2.84. The first kappa shape index (κ1) is 13.2. The van der Waals surface area contributed by atoms with Gasteiger partial charge in [-0.25, -0.2) is 0 Å². The Labute approximate surface area is 115 Å².